The van der Waals surface area contributed by atoms with E-state index >= 15 is 0 Å². The average Bonchev–Trinajstić information content (AvgIpc) is 2.28. The Morgan fingerprint density at radius 2 is 2.33 bits per heavy atom. The Labute approximate surface area is 89.0 Å². The zero-order valence-electron chi connectivity index (χ0n) is 8.64. The first-order valence-electron chi connectivity index (χ1n) is 4.65. The highest BCUT2D eigenvalue weighted by atomic mass is 16.5. The van der Waals surface area contributed by atoms with Crippen LogP contribution in [0.1, 0.15) is 28.4 Å². The molecule has 0 radical (unpaired) electrons. The number of aliphatic hydroxyl groups is 1. The normalized spacial score (nSPS) is 11.9. The van der Waals surface area contributed by atoms with Crippen molar-refractivity contribution in [3.8, 4) is 5.75 Å². The van der Waals surface area contributed by atoms with Crippen molar-refractivity contribution in [2.24, 2.45) is 0 Å². The summed E-state index contributed by atoms with van der Waals surface area (Å²) in [5.41, 5.74) is 1.14. The predicted octanol–water partition coefficient (Wildman–Crippen LogP) is 2.12. The van der Waals surface area contributed by atoms with Gasteiger partial charge >= 0.3 is 0 Å². The minimum atomic E-state index is -0.683. The van der Waals surface area contributed by atoms with Crippen molar-refractivity contribution in [1.29, 1.82) is 0 Å². The van der Waals surface area contributed by atoms with Gasteiger partial charge in [-0.15, -0.1) is 6.58 Å². The Morgan fingerprint density at radius 3 is 2.87 bits per heavy atom. The summed E-state index contributed by atoms with van der Waals surface area (Å²) in [4.78, 5) is 10.6. The van der Waals surface area contributed by atoms with E-state index in [1.807, 2.05) is 0 Å². The molecule has 1 unspecified atom stereocenters. The molecule has 0 spiro atoms. The summed E-state index contributed by atoms with van der Waals surface area (Å²) < 4.78 is 5.10. The van der Waals surface area contributed by atoms with Crippen LogP contribution in [0.25, 0.3) is 0 Å². The minimum absolute atomic E-state index is 0.429. The van der Waals surface area contributed by atoms with Crippen molar-refractivity contribution in [3.05, 3.63) is 42.0 Å². The minimum Gasteiger partial charge on any atom is -0.496 e. The van der Waals surface area contributed by atoms with Crippen molar-refractivity contribution < 1.29 is 14.6 Å². The number of hydrogen-bond donors (Lipinski definition) is 1. The highest BCUT2D eigenvalue weighted by molar-refractivity contribution is 5.75. The molecule has 0 amide bonds. The molecule has 1 aromatic rings. The molecule has 1 atom stereocenters. The fourth-order valence-electron chi connectivity index (χ4n) is 1.37. The monoisotopic (exact) mass is 206 g/mol. The molecule has 3 nitrogen and oxygen atoms in total. The summed E-state index contributed by atoms with van der Waals surface area (Å²) in [7, 11) is 1.53. The number of aliphatic hydroxyl groups excluding tert-OH is 1. The molecule has 3 heteroatoms. The largest absolute Gasteiger partial charge is 0.496 e. The van der Waals surface area contributed by atoms with Gasteiger partial charge in [0.1, 0.15) is 12.0 Å². The molecule has 0 saturated carbocycles. The van der Waals surface area contributed by atoms with Crippen molar-refractivity contribution in [2.75, 3.05) is 7.11 Å². The number of aldehydes is 1. The second-order valence-corrected chi connectivity index (χ2v) is 3.16. The lowest BCUT2D eigenvalue weighted by atomic mass is 10.0. The fraction of sp³-hybridized carbons (Fsp3) is 0.250. The summed E-state index contributed by atoms with van der Waals surface area (Å²) in [5.74, 6) is 0.579. The zero-order chi connectivity index (χ0) is 11.3. The SMILES string of the molecule is C=CCC(O)c1cc(C=O)ccc1OC. The number of benzene rings is 1. The summed E-state index contributed by atoms with van der Waals surface area (Å²) in [6.07, 6.45) is 2.11. The summed E-state index contributed by atoms with van der Waals surface area (Å²) >= 11 is 0. The lowest BCUT2D eigenvalue weighted by Crippen LogP contribution is -2.00. The van der Waals surface area contributed by atoms with Crippen molar-refractivity contribution >= 4 is 6.29 Å². The van der Waals surface area contributed by atoms with Gasteiger partial charge in [0, 0.05) is 11.1 Å². The number of rotatable bonds is 5. The van der Waals surface area contributed by atoms with E-state index in [-0.39, 0.29) is 0 Å². The maximum atomic E-state index is 10.6. The zero-order valence-corrected chi connectivity index (χ0v) is 8.64. The van der Waals surface area contributed by atoms with Crippen LogP contribution in [0.4, 0.5) is 0 Å². The van der Waals surface area contributed by atoms with Gasteiger partial charge in [-0.05, 0) is 24.6 Å². The van der Waals surface area contributed by atoms with Crippen LogP contribution in [0.5, 0.6) is 5.75 Å². The molecule has 1 N–H and O–H groups in total. The maximum Gasteiger partial charge on any atom is 0.150 e. The molecule has 0 aliphatic rings. The molecular formula is C12H14O3. The number of ether oxygens (including phenoxy) is 1. The molecule has 80 valence electrons. The van der Waals surface area contributed by atoms with Gasteiger partial charge in [-0.1, -0.05) is 6.08 Å². The lowest BCUT2D eigenvalue weighted by Gasteiger charge is -2.13. The smallest absolute Gasteiger partial charge is 0.150 e. The predicted molar refractivity (Wildman–Crippen MR) is 58.2 cm³/mol. The van der Waals surface area contributed by atoms with Crippen LogP contribution >= 0.6 is 0 Å². The molecule has 0 fully saturated rings. The van der Waals surface area contributed by atoms with E-state index in [9.17, 15) is 9.90 Å². The van der Waals surface area contributed by atoms with Crippen LogP contribution < -0.4 is 4.74 Å². The van der Waals surface area contributed by atoms with Crippen LogP contribution in [0.2, 0.25) is 0 Å². The first-order chi connectivity index (χ1) is 7.22. The van der Waals surface area contributed by atoms with E-state index in [0.29, 0.717) is 23.3 Å². The van der Waals surface area contributed by atoms with Gasteiger partial charge in [0.25, 0.3) is 0 Å². The summed E-state index contributed by atoms with van der Waals surface area (Å²) in [6.45, 7) is 3.55. The molecule has 15 heavy (non-hydrogen) atoms. The van der Waals surface area contributed by atoms with Crippen LogP contribution in [0.15, 0.2) is 30.9 Å². The van der Waals surface area contributed by atoms with Crippen LogP contribution in [0, 0.1) is 0 Å². The number of carbonyl (C=O) groups is 1. The number of carbonyl (C=O) groups excluding carboxylic acids is 1. The van der Waals surface area contributed by atoms with Gasteiger partial charge in [0.15, 0.2) is 0 Å². The van der Waals surface area contributed by atoms with Crippen LogP contribution in [-0.4, -0.2) is 18.5 Å². The summed E-state index contributed by atoms with van der Waals surface area (Å²) in [6, 6.07) is 4.95. The molecule has 0 aliphatic carbocycles. The average molecular weight is 206 g/mol. The van der Waals surface area contributed by atoms with E-state index < -0.39 is 6.10 Å². The Morgan fingerprint density at radius 1 is 1.60 bits per heavy atom. The molecule has 0 aromatic heterocycles. The Kier molecular flexibility index (Phi) is 4.06. The highest BCUT2D eigenvalue weighted by Crippen LogP contribution is 2.28. The van der Waals surface area contributed by atoms with Gasteiger partial charge in [0.2, 0.25) is 0 Å². The van der Waals surface area contributed by atoms with E-state index in [1.54, 1.807) is 24.3 Å². The van der Waals surface area contributed by atoms with Gasteiger partial charge < -0.3 is 9.84 Å². The first-order valence-corrected chi connectivity index (χ1v) is 4.65. The van der Waals surface area contributed by atoms with Gasteiger partial charge in [-0.3, -0.25) is 4.79 Å². The Hall–Kier alpha value is -1.61. The van der Waals surface area contributed by atoms with Crippen LogP contribution in [-0.2, 0) is 0 Å². The van der Waals surface area contributed by atoms with Crippen LogP contribution in [0.3, 0.4) is 0 Å². The Bertz CT molecular complexity index is 358. The Balaban J connectivity index is 3.10. The molecule has 0 aliphatic heterocycles. The molecule has 1 aromatic carbocycles. The van der Waals surface area contributed by atoms with Crippen molar-refractivity contribution in [3.63, 3.8) is 0 Å². The van der Waals surface area contributed by atoms with E-state index in [1.165, 1.54) is 7.11 Å². The second-order valence-electron chi connectivity index (χ2n) is 3.16. The molecular weight excluding hydrogens is 192 g/mol. The topological polar surface area (TPSA) is 46.5 Å². The van der Waals surface area contributed by atoms with Crippen molar-refractivity contribution in [2.45, 2.75) is 12.5 Å². The number of methoxy groups -OCH3 is 1. The molecule has 0 heterocycles. The fourth-order valence-corrected chi connectivity index (χ4v) is 1.37. The quantitative estimate of drug-likeness (QED) is 0.593. The molecule has 0 saturated heterocycles. The molecule has 0 bridgehead atoms. The molecule has 1 rings (SSSR count). The highest BCUT2D eigenvalue weighted by Gasteiger charge is 2.12. The second kappa shape index (κ2) is 5.32. The van der Waals surface area contributed by atoms with Gasteiger partial charge in [0.05, 0.1) is 13.2 Å². The lowest BCUT2D eigenvalue weighted by molar-refractivity contribution is 0.112. The van der Waals surface area contributed by atoms with E-state index in [2.05, 4.69) is 6.58 Å². The number of hydrogen-bond acceptors (Lipinski definition) is 3. The van der Waals surface area contributed by atoms with E-state index in [0.717, 1.165) is 6.29 Å². The van der Waals surface area contributed by atoms with E-state index in [4.69, 9.17) is 4.74 Å². The third-order valence-corrected chi connectivity index (χ3v) is 2.14. The maximum absolute atomic E-state index is 10.6. The standard InChI is InChI=1S/C12H14O3/c1-3-4-11(14)10-7-9(8-13)5-6-12(10)15-2/h3,5-8,11,14H,1,4H2,2H3. The first kappa shape index (κ1) is 11.5. The van der Waals surface area contributed by atoms with Gasteiger partial charge in [-0.25, -0.2) is 0 Å². The van der Waals surface area contributed by atoms with Gasteiger partial charge in [-0.2, -0.15) is 0 Å². The van der Waals surface area contributed by atoms with Crippen molar-refractivity contribution in [1.82, 2.24) is 0 Å². The third kappa shape index (κ3) is 2.67. The summed E-state index contributed by atoms with van der Waals surface area (Å²) in [5, 5.41) is 9.79. The third-order valence-electron chi connectivity index (χ3n) is 2.14.